The van der Waals surface area contributed by atoms with E-state index in [-0.39, 0.29) is 21.2 Å². The molecule has 0 spiro atoms. The first kappa shape index (κ1) is 12.9. The Morgan fingerprint density at radius 1 is 1.50 bits per heavy atom. The Bertz CT molecular complexity index is 656. The fourth-order valence-corrected chi connectivity index (χ4v) is 4.41. The molecule has 18 heavy (non-hydrogen) atoms. The standard InChI is InChI=1S/C10H11NO5S2/c1-5-4-6-9(17-5)8(12)7(10(13)16-3)11(2)18(6,14)15/h4,12H,1-3H3. The van der Waals surface area contributed by atoms with Crippen LogP contribution in [0.3, 0.4) is 0 Å². The molecule has 2 rings (SSSR count). The van der Waals surface area contributed by atoms with Crippen LogP contribution in [0.25, 0.3) is 5.76 Å². The molecule has 1 N–H and O–H groups in total. The molecule has 98 valence electrons. The minimum atomic E-state index is -3.81. The lowest BCUT2D eigenvalue weighted by molar-refractivity contribution is -0.137. The monoisotopic (exact) mass is 289 g/mol. The number of aliphatic hydroxyl groups is 1. The first-order chi connectivity index (χ1) is 8.30. The number of carbonyl (C=O) groups is 1. The highest BCUT2D eigenvalue weighted by Gasteiger charge is 2.39. The Hall–Kier alpha value is -1.54. The SMILES string of the molecule is COC(=O)C1=C(O)c2sc(C)cc2S(=O)(=O)N1C. The number of rotatable bonds is 1. The van der Waals surface area contributed by atoms with Gasteiger partial charge in [0, 0.05) is 11.9 Å². The second kappa shape index (κ2) is 3.99. The number of methoxy groups -OCH3 is 1. The van der Waals surface area contributed by atoms with Crippen LogP contribution in [0.1, 0.15) is 9.75 Å². The van der Waals surface area contributed by atoms with Gasteiger partial charge in [0.05, 0.1) is 12.0 Å². The first-order valence-corrected chi connectivity index (χ1v) is 7.17. The average molecular weight is 289 g/mol. The number of thiophene rings is 1. The third-order valence-electron chi connectivity index (χ3n) is 2.59. The lowest BCUT2D eigenvalue weighted by Crippen LogP contribution is -2.34. The van der Waals surface area contributed by atoms with E-state index in [0.717, 1.165) is 27.6 Å². The zero-order chi connectivity index (χ0) is 13.7. The molecule has 1 aromatic rings. The molecule has 8 heteroatoms. The largest absolute Gasteiger partial charge is 0.504 e. The lowest BCUT2D eigenvalue weighted by Gasteiger charge is -2.25. The summed E-state index contributed by atoms with van der Waals surface area (Å²) in [4.78, 5) is 12.5. The van der Waals surface area contributed by atoms with E-state index in [1.807, 2.05) is 0 Å². The fourth-order valence-electron chi connectivity index (χ4n) is 1.69. The summed E-state index contributed by atoms with van der Waals surface area (Å²) in [6.07, 6.45) is 0. The highest BCUT2D eigenvalue weighted by atomic mass is 32.2. The molecule has 1 aliphatic heterocycles. The molecule has 0 atom stereocenters. The Kier molecular flexibility index (Phi) is 2.86. The predicted octanol–water partition coefficient (Wildman–Crippen LogP) is 1.09. The van der Waals surface area contributed by atoms with Crippen molar-refractivity contribution in [3.63, 3.8) is 0 Å². The number of aliphatic hydroxyl groups excluding tert-OH is 1. The third-order valence-corrected chi connectivity index (χ3v) is 5.56. The molecule has 0 fully saturated rings. The molecule has 1 aliphatic rings. The van der Waals surface area contributed by atoms with Crippen molar-refractivity contribution < 1.29 is 23.1 Å². The van der Waals surface area contributed by atoms with E-state index in [9.17, 15) is 18.3 Å². The molecule has 0 unspecified atom stereocenters. The minimum absolute atomic E-state index is 0.0117. The van der Waals surface area contributed by atoms with Crippen LogP contribution in [-0.4, -0.2) is 38.0 Å². The van der Waals surface area contributed by atoms with Crippen LogP contribution < -0.4 is 0 Å². The van der Waals surface area contributed by atoms with Crippen molar-refractivity contribution in [2.45, 2.75) is 11.8 Å². The molecule has 0 aromatic carbocycles. The summed E-state index contributed by atoms with van der Waals surface area (Å²) in [5, 5.41) is 10.0. The Morgan fingerprint density at radius 2 is 2.11 bits per heavy atom. The zero-order valence-corrected chi connectivity index (χ0v) is 11.6. The van der Waals surface area contributed by atoms with E-state index in [1.54, 1.807) is 6.92 Å². The molecule has 6 nitrogen and oxygen atoms in total. The maximum absolute atomic E-state index is 12.2. The van der Waals surface area contributed by atoms with E-state index < -0.39 is 16.0 Å². The van der Waals surface area contributed by atoms with Gasteiger partial charge in [0.2, 0.25) is 0 Å². The van der Waals surface area contributed by atoms with Crippen molar-refractivity contribution in [1.29, 1.82) is 0 Å². The zero-order valence-electron chi connectivity index (χ0n) is 9.92. The third kappa shape index (κ3) is 1.60. The van der Waals surface area contributed by atoms with Crippen LogP contribution in [0, 0.1) is 6.92 Å². The van der Waals surface area contributed by atoms with Gasteiger partial charge in [-0.1, -0.05) is 0 Å². The number of hydrogen-bond acceptors (Lipinski definition) is 6. The molecule has 0 saturated carbocycles. The maximum Gasteiger partial charge on any atom is 0.359 e. The Balaban J connectivity index is 2.80. The van der Waals surface area contributed by atoms with Gasteiger partial charge in [-0.2, -0.15) is 0 Å². The summed E-state index contributed by atoms with van der Waals surface area (Å²) in [7, 11) is -1.49. The summed E-state index contributed by atoms with van der Waals surface area (Å²) in [5.74, 6) is -1.26. The Labute approximate surface area is 108 Å². The first-order valence-electron chi connectivity index (χ1n) is 4.92. The summed E-state index contributed by atoms with van der Waals surface area (Å²) in [6.45, 7) is 1.73. The molecule has 1 aromatic heterocycles. The van der Waals surface area contributed by atoms with Gasteiger partial charge in [-0.25, -0.2) is 13.2 Å². The number of sulfonamides is 1. The van der Waals surface area contributed by atoms with Crippen LogP contribution in [0.5, 0.6) is 0 Å². The maximum atomic E-state index is 12.2. The second-order valence-electron chi connectivity index (χ2n) is 3.71. The van der Waals surface area contributed by atoms with Crippen LogP contribution in [0.15, 0.2) is 16.7 Å². The van der Waals surface area contributed by atoms with E-state index in [2.05, 4.69) is 4.74 Å². The quantitative estimate of drug-likeness (QED) is 0.782. The highest BCUT2D eigenvalue weighted by Crippen LogP contribution is 2.39. The molecular weight excluding hydrogens is 278 g/mol. The van der Waals surface area contributed by atoms with Gasteiger partial charge in [-0.15, -0.1) is 11.3 Å². The molecule has 0 saturated heterocycles. The lowest BCUT2D eigenvalue weighted by atomic mass is 10.3. The van der Waals surface area contributed by atoms with Crippen molar-refractivity contribution in [3.05, 3.63) is 21.5 Å². The second-order valence-corrected chi connectivity index (χ2v) is 6.91. The van der Waals surface area contributed by atoms with Crippen LogP contribution in [0.2, 0.25) is 0 Å². The summed E-state index contributed by atoms with van der Waals surface area (Å²) < 4.78 is 29.6. The van der Waals surface area contributed by atoms with Crippen molar-refractivity contribution >= 4 is 33.1 Å². The summed E-state index contributed by atoms with van der Waals surface area (Å²) in [6, 6.07) is 1.47. The van der Waals surface area contributed by atoms with Gasteiger partial charge in [0.1, 0.15) is 4.90 Å². The number of likely N-dealkylation sites (N-methyl/N-ethyl adjacent to an activating group) is 1. The van der Waals surface area contributed by atoms with E-state index >= 15 is 0 Å². The number of hydrogen-bond donors (Lipinski definition) is 1. The van der Waals surface area contributed by atoms with Crippen molar-refractivity contribution in [3.8, 4) is 0 Å². The minimum Gasteiger partial charge on any atom is -0.504 e. The molecule has 0 aliphatic carbocycles. The molecule has 0 amide bonds. The highest BCUT2D eigenvalue weighted by molar-refractivity contribution is 7.89. The van der Waals surface area contributed by atoms with Crippen molar-refractivity contribution in [2.24, 2.45) is 0 Å². The smallest absolute Gasteiger partial charge is 0.359 e. The molecular formula is C10H11NO5S2. The number of nitrogens with zero attached hydrogens (tertiary/aromatic N) is 1. The van der Waals surface area contributed by atoms with E-state index in [1.165, 1.54) is 13.1 Å². The van der Waals surface area contributed by atoms with Crippen LogP contribution >= 0.6 is 11.3 Å². The summed E-state index contributed by atoms with van der Waals surface area (Å²) in [5.41, 5.74) is -0.369. The number of carbonyl (C=O) groups excluding carboxylic acids is 1. The van der Waals surface area contributed by atoms with E-state index in [0.29, 0.717) is 0 Å². The van der Waals surface area contributed by atoms with Gasteiger partial charge in [-0.05, 0) is 13.0 Å². The molecule has 2 heterocycles. The number of fused-ring (bicyclic) bond motifs is 1. The summed E-state index contributed by atoms with van der Waals surface area (Å²) >= 11 is 1.11. The van der Waals surface area contributed by atoms with Crippen molar-refractivity contribution in [2.75, 3.05) is 14.2 Å². The average Bonchev–Trinajstić information content (AvgIpc) is 2.70. The van der Waals surface area contributed by atoms with Gasteiger partial charge < -0.3 is 9.84 Å². The normalized spacial score (nSPS) is 17.6. The van der Waals surface area contributed by atoms with Gasteiger partial charge >= 0.3 is 5.97 Å². The predicted molar refractivity (Wildman–Crippen MR) is 65.6 cm³/mol. The van der Waals surface area contributed by atoms with E-state index in [4.69, 9.17) is 0 Å². The fraction of sp³-hybridized carbons (Fsp3) is 0.300. The van der Waals surface area contributed by atoms with Gasteiger partial charge in [0.25, 0.3) is 10.0 Å². The van der Waals surface area contributed by atoms with Crippen molar-refractivity contribution in [1.82, 2.24) is 4.31 Å². The van der Waals surface area contributed by atoms with Crippen LogP contribution in [-0.2, 0) is 19.6 Å². The van der Waals surface area contributed by atoms with Gasteiger partial charge in [0.15, 0.2) is 11.5 Å². The van der Waals surface area contributed by atoms with Gasteiger partial charge in [-0.3, -0.25) is 4.31 Å². The number of esters is 1. The molecule has 0 radical (unpaired) electrons. The molecule has 0 bridgehead atoms. The topological polar surface area (TPSA) is 83.9 Å². The Morgan fingerprint density at radius 3 is 2.67 bits per heavy atom. The number of aryl methyl sites for hydroxylation is 1. The number of ether oxygens (including phenoxy) is 1. The van der Waals surface area contributed by atoms with Crippen LogP contribution in [0.4, 0.5) is 0 Å².